The summed E-state index contributed by atoms with van der Waals surface area (Å²) >= 11 is 29.6. The average molecular weight is 442 g/mol. The largest absolute Gasteiger partial charge is 0.455 e. The first-order valence-corrected chi connectivity index (χ1v) is 8.70. The molecule has 0 unspecified atom stereocenters. The topological polar surface area (TPSA) is 55.4 Å². The fourth-order valence-corrected chi connectivity index (χ4v) is 2.97. The van der Waals surface area contributed by atoms with Gasteiger partial charge in [0.05, 0.1) is 27.2 Å². The van der Waals surface area contributed by atoms with Crippen LogP contribution in [0.1, 0.15) is 5.56 Å². The van der Waals surface area contributed by atoms with Crippen molar-refractivity contribution in [1.82, 2.24) is 0 Å². The van der Waals surface area contributed by atoms with Crippen molar-refractivity contribution in [3.8, 4) is 0 Å². The Balaban J connectivity index is 1.92. The normalized spacial score (nSPS) is 10.4. The molecule has 132 valence electrons. The molecule has 25 heavy (non-hydrogen) atoms. The number of anilines is 1. The predicted octanol–water partition coefficient (Wildman–Crippen LogP) is 5.68. The second kappa shape index (κ2) is 8.97. The molecule has 0 saturated carbocycles. The molecule has 0 spiro atoms. The number of esters is 1. The van der Waals surface area contributed by atoms with Gasteiger partial charge in [0.15, 0.2) is 6.61 Å². The molecule has 0 radical (unpaired) electrons. The third kappa shape index (κ3) is 5.66. The van der Waals surface area contributed by atoms with Crippen LogP contribution in [0, 0.1) is 0 Å². The molecule has 2 aromatic rings. The molecule has 9 heteroatoms. The maximum absolute atomic E-state index is 11.9. The second-order valence-corrected chi connectivity index (χ2v) is 6.87. The van der Waals surface area contributed by atoms with Crippen LogP contribution >= 0.6 is 58.0 Å². The van der Waals surface area contributed by atoms with E-state index in [9.17, 15) is 9.59 Å². The molecule has 2 aromatic carbocycles. The summed E-state index contributed by atoms with van der Waals surface area (Å²) in [6, 6.07) is 7.67. The van der Waals surface area contributed by atoms with Gasteiger partial charge < -0.3 is 10.1 Å². The lowest BCUT2D eigenvalue weighted by Gasteiger charge is -2.10. The summed E-state index contributed by atoms with van der Waals surface area (Å²) < 4.78 is 4.91. The Hall–Kier alpha value is -1.17. The predicted molar refractivity (Wildman–Crippen MR) is 101 cm³/mol. The number of halogens is 5. The monoisotopic (exact) mass is 439 g/mol. The van der Waals surface area contributed by atoms with Crippen molar-refractivity contribution in [2.75, 3.05) is 11.9 Å². The SMILES string of the molecule is O=C(COC(=O)Cc1c(Cl)cccc1Cl)Nc1cc(Cl)c(Cl)cc1Cl. The van der Waals surface area contributed by atoms with Crippen LogP contribution in [-0.4, -0.2) is 18.5 Å². The highest BCUT2D eigenvalue weighted by atomic mass is 35.5. The summed E-state index contributed by atoms with van der Waals surface area (Å²) in [6.45, 7) is -0.503. The molecule has 0 fully saturated rings. The summed E-state index contributed by atoms with van der Waals surface area (Å²) in [5.41, 5.74) is 0.690. The van der Waals surface area contributed by atoms with Crippen molar-refractivity contribution in [1.29, 1.82) is 0 Å². The minimum atomic E-state index is -0.648. The summed E-state index contributed by atoms with van der Waals surface area (Å²) in [4.78, 5) is 23.7. The van der Waals surface area contributed by atoms with E-state index >= 15 is 0 Å². The average Bonchev–Trinajstić information content (AvgIpc) is 2.54. The van der Waals surface area contributed by atoms with E-state index in [1.54, 1.807) is 18.2 Å². The van der Waals surface area contributed by atoms with Gasteiger partial charge in [-0.15, -0.1) is 0 Å². The number of carbonyl (C=O) groups is 2. The van der Waals surface area contributed by atoms with Crippen LogP contribution in [0.5, 0.6) is 0 Å². The highest BCUT2D eigenvalue weighted by Gasteiger charge is 2.14. The number of amides is 1. The fourth-order valence-electron chi connectivity index (χ4n) is 1.85. The molecule has 1 amide bonds. The van der Waals surface area contributed by atoms with Gasteiger partial charge in [0.2, 0.25) is 0 Å². The van der Waals surface area contributed by atoms with Crippen molar-refractivity contribution >= 4 is 75.6 Å². The zero-order chi connectivity index (χ0) is 18.6. The van der Waals surface area contributed by atoms with Crippen LogP contribution in [0.3, 0.4) is 0 Å². The van der Waals surface area contributed by atoms with Gasteiger partial charge in [-0.2, -0.15) is 0 Å². The van der Waals surface area contributed by atoms with E-state index in [2.05, 4.69) is 5.32 Å². The Morgan fingerprint density at radius 2 is 1.48 bits per heavy atom. The lowest BCUT2D eigenvalue weighted by molar-refractivity contribution is -0.146. The lowest BCUT2D eigenvalue weighted by Crippen LogP contribution is -2.22. The van der Waals surface area contributed by atoms with Gasteiger partial charge in [-0.25, -0.2) is 0 Å². The highest BCUT2D eigenvalue weighted by Crippen LogP contribution is 2.32. The molecule has 0 saturated heterocycles. The van der Waals surface area contributed by atoms with E-state index in [0.717, 1.165) is 0 Å². The summed E-state index contributed by atoms with van der Waals surface area (Å²) in [5, 5.41) is 3.86. The van der Waals surface area contributed by atoms with Gasteiger partial charge >= 0.3 is 5.97 Å². The van der Waals surface area contributed by atoms with Crippen LogP contribution in [0.2, 0.25) is 25.1 Å². The van der Waals surface area contributed by atoms with Crippen molar-refractivity contribution in [2.45, 2.75) is 6.42 Å². The van der Waals surface area contributed by atoms with E-state index < -0.39 is 18.5 Å². The minimum absolute atomic E-state index is 0.153. The van der Waals surface area contributed by atoms with Crippen LogP contribution in [0.25, 0.3) is 0 Å². The first-order valence-electron chi connectivity index (χ1n) is 6.81. The Kier molecular flexibility index (Phi) is 7.23. The summed E-state index contributed by atoms with van der Waals surface area (Å²) in [6.07, 6.45) is -0.153. The molecule has 0 aliphatic carbocycles. The molecule has 0 atom stereocenters. The number of hydrogen-bond acceptors (Lipinski definition) is 3. The number of nitrogens with one attached hydrogen (secondary N) is 1. The van der Waals surface area contributed by atoms with E-state index in [4.69, 9.17) is 62.7 Å². The van der Waals surface area contributed by atoms with Crippen LogP contribution in [-0.2, 0) is 20.7 Å². The first-order chi connectivity index (χ1) is 11.8. The van der Waals surface area contributed by atoms with Crippen molar-refractivity contribution in [3.63, 3.8) is 0 Å². The molecular formula is C16H10Cl5NO3. The molecule has 0 aromatic heterocycles. The molecule has 2 rings (SSSR count). The maximum Gasteiger partial charge on any atom is 0.310 e. The number of hydrogen-bond donors (Lipinski definition) is 1. The number of rotatable bonds is 5. The van der Waals surface area contributed by atoms with Gasteiger partial charge in [0.1, 0.15) is 0 Å². The van der Waals surface area contributed by atoms with Crippen LogP contribution in [0.4, 0.5) is 5.69 Å². The van der Waals surface area contributed by atoms with Crippen molar-refractivity contribution < 1.29 is 14.3 Å². The van der Waals surface area contributed by atoms with E-state index in [1.165, 1.54) is 12.1 Å². The van der Waals surface area contributed by atoms with Crippen LogP contribution < -0.4 is 5.32 Å². The van der Waals surface area contributed by atoms with Crippen molar-refractivity contribution in [2.24, 2.45) is 0 Å². The molecule has 4 nitrogen and oxygen atoms in total. The van der Waals surface area contributed by atoms with E-state index in [1.807, 2.05) is 0 Å². The second-order valence-electron chi connectivity index (χ2n) is 4.83. The van der Waals surface area contributed by atoms with Gasteiger partial charge in [0, 0.05) is 15.6 Å². The molecule has 0 aliphatic rings. The standard InChI is InChI=1S/C16H10Cl5NO3/c17-9-2-1-3-10(18)8(9)4-16(24)25-7-15(23)22-14-6-12(20)11(19)5-13(14)21/h1-3,5-6H,4,7H2,(H,22,23). The van der Waals surface area contributed by atoms with Gasteiger partial charge in [0.25, 0.3) is 5.91 Å². The quantitative estimate of drug-likeness (QED) is 0.480. The lowest BCUT2D eigenvalue weighted by atomic mass is 10.1. The fraction of sp³-hybridized carbons (Fsp3) is 0.125. The number of carbonyl (C=O) groups excluding carboxylic acids is 2. The molecule has 0 heterocycles. The zero-order valence-electron chi connectivity index (χ0n) is 12.4. The third-order valence-corrected chi connectivity index (χ3v) is 4.77. The van der Waals surface area contributed by atoms with Gasteiger partial charge in [-0.05, 0) is 24.3 Å². The number of ether oxygens (including phenoxy) is 1. The van der Waals surface area contributed by atoms with Gasteiger partial charge in [-0.1, -0.05) is 64.1 Å². The summed E-state index contributed by atoms with van der Waals surface area (Å²) in [5.74, 6) is -1.23. The highest BCUT2D eigenvalue weighted by molar-refractivity contribution is 6.44. The van der Waals surface area contributed by atoms with E-state index in [-0.39, 0.29) is 27.2 Å². The Morgan fingerprint density at radius 3 is 2.12 bits per heavy atom. The first kappa shape index (κ1) is 20.1. The smallest absolute Gasteiger partial charge is 0.310 e. The van der Waals surface area contributed by atoms with Gasteiger partial charge in [-0.3, -0.25) is 9.59 Å². The van der Waals surface area contributed by atoms with Crippen LogP contribution in [0.15, 0.2) is 30.3 Å². The third-order valence-electron chi connectivity index (χ3n) is 3.03. The maximum atomic E-state index is 11.9. The zero-order valence-corrected chi connectivity index (χ0v) is 16.2. The molecule has 1 N–H and O–H groups in total. The molecule has 0 aliphatic heterocycles. The number of benzene rings is 2. The van der Waals surface area contributed by atoms with E-state index in [0.29, 0.717) is 15.6 Å². The minimum Gasteiger partial charge on any atom is -0.455 e. The Bertz CT molecular complexity index is 805. The summed E-state index contributed by atoms with van der Waals surface area (Å²) in [7, 11) is 0. The molecular weight excluding hydrogens is 431 g/mol. The Labute approximate surface area is 168 Å². The van der Waals surface area contributed by atoms with Crippen molar-refractivity contribution in [3.05, 3.63) is 61.0 Å². The Morgan fingerprint density at radius 1 is 0.880 bits per heavy atom. The molecule has 0 bridgehead atoms.